The van der Waals surface area contributed by atoms with E-state index in [4.69, 9.17) is 4.52 Å². The molecule has 1 heterocycles. The van der Waals surface area contributed by atoms with Gasteiger partial charge in [-0.25, -0.2) is 8.78 Å². The summed E-state index contributed by atoms with van der Waals surface area (Å²) in [6, 6.07) is 11.3. The summed E-state index contributed by atoms with van der Waals surface area (Å²) in [7, 11) is 0. The maximum Gasteiger partial charge on any atom is 0.240 e. The van der Waals surface area contributed by atoms with E-state index in [9.17, 15) is 8.78 Å². The molecule has 2 aromatic carbocycles. The number of benzene rings is 2. The van der Waals surface area contributed by atoms with Crippen molar-refractivity contribution in [3.63, 3.8) is 0 Å². The Morgan fingerprint density at radius 1 is 1.09 bits per heavy atom. The zero-order valence-electron chi connectivity index (χ0n) is 12.6. The maximum atomic E-state index is 13.7. The average molecular weight is 332 g/mol. The molecule has 23 heavy (non-hydrogen) atoms. The van der Waals surface area contributed by atoms with Gasteiger partial charge in [0, 0.05) is 10.5 Å². The Labute approximate surface area is 136 Å². The smallest absolute Gasteiger partial charge is 0.240 e. The van der Waals surface area contributed by atoms with E-state index >= 15 is 0 Å². The zero-order valence-corrected chi connectivity index (χ0v) is 13.4. The van der Waals surface area contributed by atoms with Gasteiger partial charge in [-0.15, -0.1) is 11.8 Å². The highest BCUT2D eigenvalue weighted by Gasteiger charge is 2.18. The van der Waals surface area contributed by atoms with E-state index in [-0.39, 0.29) is 16.9 Å². The molecule has 0 radical (unpaired) electrons. The maximum absolute atomic E-state index is 13.7. The van der Waals surface area contributed by atoms with Crippen molar-refractivity contribution in [2.75, 3.05) is 0 Å². The largest absolute Gasteiger partial charge is 0.338 e. The van der Waals surface area contributed by atoms with Crippen molar-refractivity contribution >= 4 is 11.8 Å². The third-order valence-electron chi connectivity index (χ3n) is 3.36. The van der Waals surface area contributed by atoms with Gasteiger partial charge in [0.05, 0.1) is 5.25 Å². The zero-order chi connectivity index (χ0) is 16.4. The van der Waals surface area contributed by atoms with Crippen molar-refractivity contribution < 1.29 is 13.3 Å². The van der Waals surface area contributed by atoms with E-state index in [1.807, 2.05) is 6.92 Å². The van der Waals surface area contributed by atoms with Crippen molar-refractivity contribution in [1.82, 2.24) is 10.1 Å². The van der Waals surface area contributed by atoms with E-state index in [0.29, 0.717) is 27.7 Å². The fraction of sp³-hybridized carbons (Fsp3) is 0.176. The highest BCUT2D eigenvalue weighted by Crippen LogP contribution is 2.35. The number of halogens is 2. The van der Waals surface area contributed by atoms with Gasteiger partial charge in [-0.05, 0) is 37.6 Å². The molecular weight excluding hydrogens is 318 g/mol. The predicted molar refractivity (Wildman–Crippen MR) is 85.1 cm³/mol. The summed E-state index contributed by atoms with van der Waals surface area (Å²) < 4.78 is 32.6. The quantitative estimate of drug-likeness (QED) is 0.617. The Hall–Kier alpha value is -2.21. The number of rotatable bonds is 4. The number of thioether (sulfide) groups is 1. The molecule has 1 unspecified atom stereocenters. The number of aromatic nitrogens is 2. The summed E-state index contributed by atoms with van der Waals surface area (Å²) in [5.41, 5.74) is 1.10. The fourth-order valence-corrected chi connectivity index (χ4v) is 2.95. The van der Waals surface area contributed by atoms with Crippen LogP contribution in [0, 0.1) is 18.6 Å². The van der Waals surface area contributed by atoms with E-state index in [2.05, 4.69) is 10.1 Å². The second-order valence-corrected chi connectivity index (χ2v) is 6.49. The van der Waals surface area contributed by atoms with Crippen LogP contribution in [-0.2, 0) is 0 Å². The number of hydrogen-bond donors (Lipinski definition) is 0. The Morgan fingerprint density at radius 3 is 2.61 bits per heavy atom. The summed E-state index contributed by atoms with van der Waals surface area (Å²) >= 11 is 1.29. The van der Waals surface area contributed by atoms with Crippen LogP contribution in [-0.4, -0.2) is 10.1 Å². The van der Waals surface area contributed by atoms with Crippen molar-refractivity contribution in [3.8, 4) is 11.4 Å². The van der Waals surface area contributed by atoms with Gasteiger partial charge in [0.15, 0.2) is 0 Å². The third kappa shape index (κ3) is 3.42. The summed E-state index contributed by atoms with van der Waals surface area (Å²) in [5, 5.41) is 3.66. The van der Waals surface area contributed by atoms with Crippen molar-refractivity contribution in [2.24, 2.45) is 0 Å². The number of nitrogens with zero attached hydrogens (tertiary/aromatic N) is 2. The van der Waals surface area contributed by atoms with Crippen molar-refractivity contribution in [2.45, 2.75) is 24.0 Å². The fourth-order valence-electron chi connectivity index (χ4n) is 2.03. The van der Waals surface area contributed by atoms with Crippen LogP contribution in [0.3, 0.4) is 0 Å². The van der Waals surface area contributed by atoms with E-state index < -0.39 is 0 Å². The Kier molecular flexibility index (Phi) is 4.43. The Bertz CT molecular complexity index is 835. The van der Waals surface area contributed by atoms with Gasteiger partial charge in [0.2, 0.25) is 11.7 Å². The van der Waals surface area contributed by atoms with Gasteiger partial charge in [0.1, 0.15) is 11.6 Å². The van der Waals surface area contributed by atoms with Crippen molar-refractivity contribution in [1.29, 1.82) is 0 Å². The monoisotopic (exact) mass is 332 g/mol. The van der Waals surface area contributed by atoms with Crippen LogP contribution < -0.4 is 0 Å². The van der Waals surface area contributed by atoms with E-state index in [0.717, 1.165) is 0 Å². The van der Waals surface area contributed by atoms with E-state index in [1.165, 1.54) is 23.9 Å². The van der Waals surface area contributed by atoms with Crippen LogP contribution in [0.5, 0.6) is 0 Å². The summed E-state index contributed by atoms with van der Waals surface area (Å²) in [6.45, 7) is 3.54. The van der Waals surface area contributed by atoms with Gasteiger partial charge in [-0.2, -0.15) is 4.98 Å². The molecule has 0 spiro atoms. The molecule has 0 saturated carbocycles. The second kappa shape index (κ2) is 6.50. The molecule has 0 amide bonds. The first-order valence-corrected chi connectivity index (χ1v) is 7.94. The van der Waals surface area contributed by atoms with Crippen molar-refractivity contribution in [3.05, 3.63) is 65.6 Å². The molecule has 118 valence electrons. The molecule has 0 aliphatic carbocycles. The lowest BCUT2D eigenvalue weighted by molar-refractivity contribution is 0.380. The molecule has 3 nitrogen and oxygen atoms in total. The minimum atomic E-state index is -0.317. The minimum absolute atomic E-state index is 0.219. The summed E-state index contributed by atoms with van der Waals surface area (Å²) in [5.74, 6) is 0.0847. The van der Waals surface area contributed by atoms with Gasteiger partial charge in [0.25, 0.3) is 0 Å². The molecule has 0 saturated heterocycles. The van der Waals surface area contributed by atoms with Crippen LogP contribution in [0.25, 0.3) is 11.4 Å². The first-order chi connectivity index (χ1) is 11.0. The molecule has 3 aromatic rings. The molecule has 0 aliphatic rings. The van der Waals surface area contributed by atoms with Crippen LogP contribution >= 0.6 is 11.8 Å². The standard InChI is InChI=1S/C17H14F2N2OS/c1-10-7-8-12(9-14(10)19)16-20-17(22-21-16)11(2)23-15-6-4-3-5-13(15)18/h3-9,11H,1-2H3. The average Bonchev–Trinajstić information content (AvgIpc) is 3.02. The SMILES string of the molecule is Cc1ccc(-c2noc(C(C)Sc3ccccc3F)n2)cc1F. The van der Waals surface area contributed by atoms with Crippen LogP contribution in [0.15, 0.2) is 51.9 Å². The van der Waals surface area contributed by atoms with Gasteiger partial charge >= 0.3 is 0 Å². The van der Waals surface area contributed by atoms with E-state index in [1.54, 1.807) is 37.3 Å². The number of hydrogen-bond acceptors (Lipinski definition) is 4. The van der Waals surface area contributed by atoms with Gasteiger partial charge in [-0.1, -0.05) is 29.4 Å². The second-order valence-electron chi connectivity index (χ2n) is 5.11. The van der Waals surface area contributed by atoms with Crippen LogP contribution in [0.1, 0.15) is 23.6 Å². The van der Waals surface area contributed by atoms with Crippen LogP contribution in [0.4, 0.5) is 8.78 Å². The molecular formula is C17H14F2N2OS. The highest BCUT2D eigenvalue weighted by atomic mass is 32.2. The molecule has 1 aromatic heterocycles. The summed E-state index contributed by atoms with van der Waals surface area (Å²) in [4.78, 5) is 4.80. The molecule has 0 aliphatic heterocycles. The summed E-state index contributed by atoms with van der Waals surface area (Å²) in [6.07, 6.45) is 0. The topological polar surface area (TPSA) is 38.9 Å². The molecule has 0 N–H and O–H groups in total. The lowest BCUT2D eigenvalue weighted by Crippen LogP contribution is -1.91. The third-order valence-corrected chi connectivity index (χ3v) is 4.50. The van der Waals surface area contributed by atoms with Gasteiger partial charge in [-0.3, -0.25) is 0 Å². The highest BCUT2D eigenvalue weighted by molar-refractivity contribution is 7.99. The van der Waals surface area contributed by atoms with Crippen LogP contribution in [0.2, 0.25) is 0 Å². The lowest BCUT2D eigenvalue weighted by atomic mass is 10.1. The van der Waals surface area contributed by atoms with Gasteiger partial charge < -0.3 is 4.52 Å². The first-order valence-electron chi connectivity index (χ1n) is 7.06. The number of aryl methyl sites for hydroxylation is 1. The molecule has 0 fully saturated rings. The normalized spacial score (nSPS) is 12.3. The molecule has 6 heteroatoms. The molecule has 3 rings (SSSR count). The molecule has 1 atom stereocenters. The lowest BCUT2D eigenvalue weighted by Gasteiger charge is -2.06. The minimum Gasteiger partial charge on any atom is -0.338 e. The predicted octanol–water partition coefficient (Wildman–Crippen LogP) is 5.18. The Balaban J connectivity index is 1.81. The first kappa shape index (κ1) is 15.7. The Morgan fingerprint density at radius 2 is 1.87 bits per heavy atom. The molecule has 0 bridgehead atoms.